The van der Waals surface area contributed by atoms with E-state index in [2.05, 4.69) is 5.32 Å². The second-order valence-corrected chi connectivity index (χ2v) is 4.00. The van der Waals surface area contributed by atoms with Gasteiger partial charge in [-0.25, -0.2) is 8.78 Å². The topological polar surface area (TPSA) is 71.1 Å². The van der Waals surface area contributed by atoms with Crippen molar-refractivity contribution < 1.29 is 13.5 Å². The number of nitrogen functional groups attached to an aromatic ring is 1. The number of rotatable bonds is 3. The Morgan fingerprint density at radius 1 is 1.20 bits per heavy atom. The van der Waals surface area contributed by atoms with Gasteiger partial charge in [-0.1, -0.05) is 0 Å². The molecule has 0 saturated carbocycles. The normalized spacial score (nSPS) is 9.90. The van der Waals surface area contributed by atoms with Gasteiger partial charge in [-0.2, -0.15) is 5.26 Å². The molecule has 102 valence electrons. The van der Waals surface area contributed by atoms with E-state index in [-0.39, 0.29) is 17.0 Å². The maximum Gasteiger partial charge on any atom is 0.167 e. The molecule has 2 aromatic rings. The second-order valence-electron chi connectivity index (χ2n) is 4.00. The van der Waals surface area contributed by atoms with Crippen LogP contribution in [0.1, 0.15) is 5.56 Å². The summed E-state index contributed by atoms with van der Waals surface area (Å²) in [5, 5.41) is 11.8. The van der Waals surface area contributed by atoms with Crippen LogP contribution in [0.2, 0.25) is 0 Å². The number of anilines is 3. The summed E-state index contributed by atoms with van der Waals surface area (Å²) in [6, 6.07) is 8.06. The summed E-state index contributed by atoms with van der Waals surface area (Å²) >= 11 is 0. The summed E-state index contributed by atoms with van der Waals surface area (Å²) in [5.41, 5.74) is 6.70. The lowest BCUT2D eigenvalue weighted by Gasteiger charge is -2.12. The predicted molar refractivity (Wildman–Crippen MR) is 71.8 cm³/mol. The van der Waals surface area contributed by atoms with E-state index in [0.29, 0.717) is 11.4 Å². The van der Waals surface area contributed by atoms with Crippen LogP contribution in [0.4, 0.5) is 25.8 Å². The molecule has 0 amide bonds. The SMILES string of the molecule is COc1cc(Nc2ccc(F)cc2C#N)c(N)cc1F. The summed E-state index contributed by atoms with van der Waals surface area (Å²) in [7, 11) is 1.33. The summed E-state index contributed by atoms with van der Waals surface area (Å²) in [6.07, 6.45) is 0. The molecular formula is C14H11F2N3O. The van der Waals surface area contributed by atoms with E-state index in [4.69, 9.17) is 15.7 Å². The number of ether oxygens (including phenoxy) is 1. The Kier molecular flexibility index (Phi) is 3.71. The van der Waals surface area contributed by atoms with Crippen LogP contribution in [0.3, 0.4) is 0 Å². The molecule has 0 aliphatic rings. The number of benzene rings is 2. The molecule has 0 aliphatic heterocycles. The third-order valence-electron chi connectivity index (χ3n) is 2.70. The van der Waals surface area contributed by atoms with Gasteiger partial charge in [0.2, 0.25) is 0 Å². The van der Waals surface area contributed by atoms with Crippen molar-refractivity contribution >= 4 is 17.1 Å². The van der Waals surface area contributed by atoms with Crippen LogP contribution in [-0.2, 0) is 0 Å². The predicted octanol–water partition coefficient (Wildman–Crippen LogP) is 3.17. The molecule has 2 rings (SSSR count). The number of hydrogen-bond acceptors (Lipinski definition) is 4. The summed E-state index contributed by atoms with van der Waals surface area (Å²) < 4.78 is 31.3. The van der Waals surface area contributed by atoms with E-state index < -0.39 is 11.6 Å². The highest BCUT2D eigenvalue weighted by atomic mass is 19.1. The number of hydrogen-bond donors (Lipinski definition) is 2. The van der Waals surface area contributed by atoms with Gasteiger partial charge in [-0.15, -0.1) is 0 Å². The highest BCUT2D eigenvalue weighted by molar-refractivity contribution is 5.76. The molecule has 3 N–H and O–H groups in total. The van der Waals surface area contributed by atoms with Gasteiger partial charge in [0.05, 0.1) is 29.7 Å². The number of nitriles is 1. The smallest absolute Gasteiger partial charge is 0.167 e. The van der Waals surface area contributed by atoms with Crippen LogP contribution in [0.25, 0.3) is 0 Å². The zero-order valence-electron chi connectivity index (χ0n) is 10.6. The molecule has 2 aromatic carbocycles. The summed E-state index contributed by atoms with van der Waals surface area (Å²) in [4.78, 5) is 0. The third-order valence-corrected chi connectivity index (χ3v) is 2.70. The highest BCUT2D eigenvalue weighted by Crippen LogP contribution is 2.31. The van der Waals surface area contributed by atoms with Crippen LogP contribution in [-0.4, -0.2) is 7.11 Å². The Hall–Kier alpha value is -2.81. The minimum atomic E-state index is -0.588. The van der Waals surface area contributed by atoms with Gasteiger partial charge in [0.1, 0.15) is 11.9 Å². The van der Waals surface area contributed by atoms with Crippen molar-refractivity contribution in [1.29, 1.82) is 5.26 Å². The Morgan fingerprint density at radius 3 is 2.60 bits per heavy atom. The molecule has 0 saturated heterocycles. The average Bonchev–Trinajstić information content (AvgIpc) is 2.43. The minimum Gasteiger partial charge on any atom is -0.494 e. The number of methoxy groups -OCH3 is 1. The van der Waals surface area contributed by atoms with Gasteiger partial charge < -0.3 is 15.8 Å². The Morgan fingerprint density at radius 2 is 1.95 bits per heavy atom. The fourth-order valence-electron chi connectivity index (χ4n) is 1.70. The van der Waals surface area contributed by atoms with Gasteiger partial charge in [0, 0.05) is 12.1 Å². The summed E-state index contributed by atoms with van der Waals surface area (Å²) in [6.45, 7) is 0. The maximum absolute atomic E-state index is 13.4. The number of nitrogens with two attached hydrogens (primary N) is 1. The van der Waals surface area contributed by atoms with Crippen molar-refractivity contribution in [2.45, 2.75) is 0 Å². The Balaban J connectivity index is 2.43. The maximum atomic E-state index is 13.4. The van der Waals surface area contributed by atoms with Crippen LogP contribution < -0.4 is 15.8 Å². The van der Waals surface area contributed by atoms with Gasteiger partial charge in [0.25, 0.3) is 0 Å². The molecule has 0 heterocycles. The molecule has 20 heavy (non-hydrogen) atoms. The number of halogens is 2. The van der Waals surface area contributed by atoms with Crippen molar-refractivity contribution in [3.8, 4) is 11.8 Å². The molecule has 0 fully saturated rings. The minimum absolute atomic E-state index is 0.0160. The quantitative estimate of drug-likeness (QED) is 0.844. The van der Waals surface area contributed by atoms with E-state index in [1.54, 1.807) is 0 Å². The Bertz CT molecular complexity index is 696. The molecular weight excluding hydrogens is 264 g/mol. The molecule has 0 bridgehead atoms. The molecule has 0 aliphatic carbocycles. The van der Waals surface area contributed by atoms with Crippen molar-refractivity contribution in [2.75, 3.05) is 18.2 Å². The van der Waals surface area contributed by atoms with Crippen molar-refractivity contribution in [3.05, 3.63) is 47.5 Å². The fraction of sp³-hybridized carbons (Fsp3) is 0.0714. The first kappa shape index (κ1) is 13.6. The third kappa shape index (κ3) is 2.62. The van der Waals surface area contributed by atoms with Gasteiger partial charge in [-0.05, 0) is 18.2 Å². The first-order valence-corrected chi connectivity index (χ1v) is 5.65. The second kappa shape index (κ2) is 5.45. The van der Waals surface area contributed by atoms with Crippen LogP contribution in [0.15, 0.2) is 30.3 Å². The van der Waals surface area contributed by atoms with Crippen molar-refractivity contribution in [2.24, 2.45) is 0 Å². The van der Waals surface area contributed by atoms with Crippen molar-refractivity contribution in [3.63, 3.8) is 0 Å². The first-order chi connectivity index (χ1) is 9.55. The van der Waals surface area contributed by atoms with E-state index in [9.17, 15) is 8.78 Å². The lowest BCUT2D eigenvalue weighted by molar-refractivity contribution is 0.387. The van der Waals surface area contributed by atoms with Gasteiger partial charge >= 0.3 is 0 Å². The first-order valence-electron chi connectivity index (χ1n) is 5.65. The van der Waals surface area contributed by atoms with Crippen molar-refractivity contribution in [1.82, 2.24) is 0 Å². The molecule has 0 spiro atoms. The van der Waals surface area contributed by atoms with E-state index in [0.717, 1.165) is 12.1 Å². The largest absolute Gasteiger partial charge is 0.494 e. The standard InChI is InChI=1S/C14H11F2N3O/c1-20-14-6-13(11(18)5-10(14)16)19-12-3-2-9(15)4-8(12)7-17/h2-6,19H,18H2,1H3. The fourth-order valence-corrected chi connectivity index (χ4v) is 1.70. The van der Waals surface area contributed by atoms with Crippen LogP contribution >= 0.6 is 0 Å². The Labute approximate surface area is 114 Å². The van der Waals surface area contributed by atoms with E-state index in [1.165, 1.54) is 25.3 Å². The average molecular weight is 275 g/mol. The van der Waals surface area contributed by atoms with Gasteiger partial charge in [-0.3, -0.25) is 0 Å². The molecule has 4 nitrogen and oxygen atoms in total. The molecule has 0 atom stereocenters. The zero-order valence-corrected chi connectivity index (χ0v) is 10.6. The number of nitrogens with zero attached hydrogens (tertiary/aromatic N) is 1. The van der Waals surface area contributed by atoms with Crippen LogP contribution in [0.5, 0.6) is 5.75 Å². The van der Waals surface area contributed by atoms with Crippen LogP contribution in [0, 0.1) is 23.0 Å². The summed E-state index contributed by atoms with van der Waals surface area (Å²) in [5.74, 6) is -1.09. The molecule has 0 aromatic heterocycles. The number of nitrogens with one attached hydrogen (secondary N) is 1. The monoisotopic (exact) mass is 275 g/mol. The lowest BCUT2D eigenvalue weighted by atomic mass is 10.1. The van der Waals surface area contributed by atoms with E-state index in [1.807, 2.05) is 6.07 Å². The van der Waals surface area contributed by atoms with Gasteiger partial charge in [0.15, 0.2) is 11.6 Å². The van der Waals surface area contributed by atoms with E-state index >= 15 is 0 Å². The molecule has 0 unspecified atom stereocenters. The molecule has 0 radical (unpaired) electrons. The highest BCUT2D eigenvalue weighted by Gasteiger charge is 2.10. The zero-order chi connectivity index (χ0) is 14.7. The lowest BCUT2D eigenvalue weighted by Crippen LogP contribution is -2.01. The molecule has 6 heteroatoms.